The molecule has 1 aliphatic rings. The molecule has 0 aliphatic heterocycles. The van der Waals surface area contributed by atoms with E-state index in [1.807, 2.05) is 19.3 Å². The van der Waals surface area contributed by atoms with E-state index in [4.69, 9.17) is 0 Å². The van der Waals surface area contributed by atoms with Crippen LogP contribution in [0.2, 0.25) is 0 Å². The SMILES string of the molecule is CNC1(c2cc(CNC(C)=O)ccn2)CC1. The Hall–Kier alpha value is -1.42. The summed E-state index contributed by atoms with van der Waals surface area (Å²) in [5.74, 6) is -0.00638. The number of amides is 1. The topological polar surface area (TPSA) is 54.0 Å². The Morgan fingerprint density at radius 2 is 2.31 bits per heavy atom. The van der Waals surface area contributed by atoms with Crippen LogP contribution in [0.4, 0.5) is 0 Å². The molecule has 0 radical (unpaired) electrons. The van der Waals surface area contributed by atoms with E-state index in [1.54, 1.807) is 0 Å². The van der Waals surface area contributed by atoms with Gasteiger partial charge in [-0.1, -0.05) is 0 Å². The first kappa shape index (κ1) is 11.1. The van der Waals surface area contributed by atoms with Crippen molar-refractivity contribution < 1.29 is 4.79 Å². The molecule has 4 heteroatoms. The Balaban J connectivity index is 2.11. The van der Waals surface area contributed by atoms with Gasteiger partial charge >= 0.3 is 0 Å². The molecule has 2 rings (SSSR count). The maximum Gasteiger partial charge on any atom is 0.217 e. The Bertz CT molecular complexity index is 399. The molecule has 4 nitrogen and oxygen atoms in total. The summed E-state index contributed by atoms with van der Waals surface area (Å²) in [6, 6.07) is 4.00. The third-order valence-corrected chi connectivity index (χ3v) is 3.08. The van der Waals surface area contributed by atoms with Gasteiger partial charge in [-0.25, -0.2) is 0 Å². The molecule has 0 aromatic carbocycles. The van der Waals surface area contributed by atoms with Gasteiger partial charge in [0.25, 0.3) is 0 Å². The first-order valence-corrected chi connectivity index (χ1v) is 5.55. The molecule has 0 spiro atoms. The van der Waals surface area contributed by atoms with Crippen LogP contribution in [0.1, 0.15) is 31.0 Å². The monoisotopic (exact) mass is 219 g/mol. The van der Waals surface area contributed by atoms with Gasteiger partial charge in [0.15, 0.2) is 0 Å². The van der Waals surface area contributed by atoms with Crippen molar-refractivity contribution in [3.63, 3.8) is 0 Å². The van der Waals surface area contributed by atoms with Crippen LogP contribution in [-0.2, 0) is 16.9 Å². The van der Waals surface area contributed by atoms with Gasteiger partial charge in [-0.3, -0.25) is 9.78 Å². The summed E-state index contributed by atoms with van der Waals surface area (Å²) in [5.41, 5.74) is 2.27. The van der Waals surface area contributed by atoms with E-state index in [0.29, 0.717) is 6.54 Å². The van der Waals surface area contributed by atoms with E-state index < -0.39 is 0 Å². The van der Waals surface area contributed by atoms with Crippen LogP contribution in [0.15, 0.2) is 18.3 Å². The summed E-state index contributed by atoms with van der Waals surface area (Å²) < 4.78 is 0. The number of pyridine rings is 1. The fourth-order valence-electron chi connectivity index (χ4n) is 1.83. The van der Waals surface area contributed by atoms with Crippen LogP contribution in [0.5, 0.6) is 0 Å². The second-order valence-corrected chi connectivity index (χ2v) is 4.29. The highest BCUT2D eigenvalue weighted by molar-refractivity contribution is 5.72. The van der Waals surface area contributed by atoms with Gasteiger partial charge in [-0.05, 0) is 37.6 Å². The Morgan fingerprint density at radius 1 is 1.56 bits per heavy atom. The number of hydrogen-bond acceptors (Lipinski definition) is 3. The zero-order valence-corrected chi connectivity index (χ0v) is 9.71. The van der Waals surface area contributed by atoms with Crippen molar-refractivity contribution in [2.45, 2.75) is 31.8 Å². The fourth-order valence-corrected chi connectivity index (χ4v) is 1.83. The van der Waals surface area contributed by atoms with Crippen molar-refractivity contribution in [3.8, 4) is 0 Å². The lowest BCUT2D eigenvalue weighted by atomic mass is 10.1. The normalized spacial score (nSPS) is 16.9. The zero-order chi connectivity index (χ0) is 11.6. The summed E-state index contributed by atoms with van der Waals surface area (Å²) in [7, 11) is 1.97. The molecule has 1 aliphatic carbocycles. The van der Waals surface area contributed by atoms with Gasteiger partial charge in [0.1, 0.15) is 0 Å². The van der Waals surface area contributed by atoms with Crippen LogP contribution in [0.3, 0.4) is 0 Å². The summed E-state index contributed by atoms with van der Waals surface area (Å²) in [6.45, 7) is 2.10. The van der Waals surface area contributed by atoms with E-state index in [0.717, 1.165) is 24.1 Å². The van der Waals surface area contributed by atoms with Gasteiger partial charge < -0.3 is 10.6 Å². The summed E-state index contributed by atoms with van der Waals surface area (Å²) in [6.07, 6.45) is 4.09. The van der Waals surface area contributed by atoms with Gasteiger partial charge in [0.2, 0.25) is 5.91 Å². The molecule has 1 aromatic rings. The maximum absolute atomic E-state index is 10.8. The molecule has 1 aromatic heterocycles. The molecule has 1 heterocycles. The standard InChI is InChI=1S/C12H17N3O/c1-9(16)15-8-10-3-6-14-11(7-10)12(13-2)4-5-12/h3,6-7,13H,4-5,8H2,1-2H3,(H,15,16). The Kier molecular flexibility index (Phi) is 2.92. The second kappa shape index (κ2) is 4.22. The predicted octanol–water partition coefficient (Wildman–Crippen LogP) is 0.926. The number of hydrogen-bond donors (Lipinski definition) is 2. The minimum absolute atomic E-state index is 0.00638. The third kappa shape index (κ3) is 2.22. The zero-order valence-electron chi connectivity index (χ0n) is 9.71. The highest BCUT2D eigenvalue weighted by atomic mass is 16.1. The summed E-state index contributed by atoms with van der Waals surface area (Å²) >= 11 is 0. The predicted molar refractivity (Wildman–Crippen MR) is 61.7 cm³/mol. The lowest BCUT2D eigenvalue weighted by Gasteiger charge is -2.14. The minimum atomic E-state index is -0.00638. The van der Waals surface area contributed by atoms with Crippen molar-refractivity contribution in [3.05, 3.63) is 29.6 Å². The Morgan fingerprint density at radius 3 is 2.88 bits per heavy atom. The highest BCUT2D eigenvalue weighted by Gasteiger charge is 2.44. The molecular formula is C12H17N3O. The van der Waals surface area contributed by atoms with Crippen LogP contribution in [-0.4, -0.2) is 17.9 Å². The molecule has 1 fully saturated rings. The van der Waals surface area contributed by atoms with Gasteiger partial charge in [0.05, 0.1) is 11.2 Å². The molecule has 0 bridgehead atoms. The van der Waals surface area contributed by atoms with Crippen LogP contribution < -0.4 is 10.6 Å². The average Bonchev–Trinajstić information content (AvgIpc) is 3.08. The van der Waals surface area contributed by atoms with Gasteiger partial charge in [-0.15, -0.1) is 0 Å². The maximum atomic E-state index is 10.8. The highest BCUT2D eigenvalue weighted by Crippen LogP contribution is 2.44. The number of nitrogens with zero attached hydrogens (tertiary/aromatic N) is 1. The third-order valence-electron chi connectivity index (χ3n) is 3.08. The van der Waals surface area contributed by atoms with E-state index in [-0.39, 0.29) is 11.4 Å². The van der Waals surface area contributed by atoms with Gasteiger partial charge in [0, 0.05) is 19.7 Å². The summed E-state index contributed by atoms with van der Waals surface area (Å²) in [4.78, 5) is 15.2. The molecule has 16 heavy (non-hydrogen) atoms. The molecule has 86 valence electrons. The van der Waals surface area contributed by atoms with Crippen LogP contribution >= 0.6 is 0 Å². The van der Waals surface area contributed by atoms with Crippen molar-refractivity contribution in [1.29, 1.82) is 0 Å². The van der Waals surface area contributed by atoms with E-state index in [2.05, 4.69) is 21.7 Å². The molecule has 1 amide bonds. The lowest BCUT2D eigenvalue weighted by Crippen LogP contribution is -2.26. The van der Waals surface area contributed by atoms with Crippen LogP contribution in [0, 0.1) is 0 Å². The Labute approximate surface area is 95.5 Å². The largest absolute Gasteiger partial charge is 0.352 e. The molecule has 1 saturated carbocycles. The van der Waals surface area contributed by atoms with Crippen molar-refractivity contribution in [2.75, 3.05) is 7.05 Å². The molecule has 0 atom stereocenters. The van der Waals surface area contributed by atoms with E-state index >= 15 is 0 Å². The molecule has 2 N–H and O–H groups in total. The van der Waals surface area contributed by atoms with Crippen molar-refractivity contribution in [2.24, 2.45) is 0 Å². The van der Waals surface area contributed by atoms with Crippen LogP contribution in [0.25, 0.3) is 0 Å². The fraction of sp³-hybridized carbons (Fsp3) is 0.500. The van der Waals surface area contributed by atoms with E-state index in [1.165, 1.54) is 6.92 Å². The first-order valence-electron chi connectivity index (χ1n) is 5.55. The number of aromatic nitrogens is 1. The minimum Gasteiger partial charge on any atom is -0.352 e. The number of carbonyl (C=O) groups is 1. The number of carbonyl (C=O) groups excluding carboxylic acids is 1. The molecule has 0 saturated heterocycles. The number of nitrogens with one attached hydrogen (secondary N) is 2. The lowest BCUT2D eigenvalue weighted by molar-refractivity contribution is -0.119. The smallest absolute Gasteiger partial charge is 0.217 e. The summed E-state index contributed by atoms with van der Waals surface area (Å²) in [5, 5.41) is 6.10. The van der Waals surface area contributed by atoms with Crippen molar-refractivity contribution in [1.82, 2.24) is 15.6 Å². The van der Waals surface area contributed by atoms with Crippen molar-refractivity contribution >= 4 is 5.91 Å². The van der Waals surface area contributed by atoms with Gasteiger partial charge in [-0.2, -0.15) is 0 Å². The van der Waals surface area contributed by atoms with E-state index in [9.17, 15) is 4.79 Å². The molecular weight excluding hydrogens is 202 g/mol. The first-order chi connectivity index (χ1) is 7.66. The second-order valence-electron chi connectivity index (χ2n) is 4.29. The quantitative estimate of drug-likeness (QED) is 0.792. The average molecular weight is 219 g/mol. The molecule has 0 unspecified atom stereocenters. The number of rotatable bonds is 4.